The molecule has 0 aliphatic carbocycles. The van der Waals surface area contributed by atoms with E-state index in [4.69, 9.17) is 5.73 Å². The van der Waals surface area contributed by atoms with Crippen LogP contribution in [0.4, 0.5) is 0 Å². The largest absolute Gasteiger partial charge is 0.388 e. The molecule has 2 atom stereocenters. The van der Waals surface area contributed by atoms with Crippen LogP contribution in [0.2, 0.25) is 0 Å². The molecule has 0 saturated heterocycles. The number of aliphatic hydroxyl groups excluding tert-OH is 1. The molecule has 0 radical (unpaired) electrons. The van der Waals surface area contributed by atoms with Crippen LogP contribution in [0.15, 0.2) is 54.6 Å². The minimum Gasteiger partial charge on any atom is -0.388 e. The summed E-state index contributed by atoms with van der Waals surface area (Å²) >= 11 is 0. The van der Waals surface area contributed by atoms with Gasteiger partial charge in [-0.1, -0.05) is 54.6 Å². The maximum Gasteiger partial charge on any atom is 0.166 e. The number of aliphatic hydroxyl groups is 2. The summed E-state index contributed by atoms with van der Waals surface area (Å²) in [6.45, 7) is 0. The van der Waals surface area contributed by atoms with E-state index in [0.29, 0.717) is 6.29 Å². The zero-order valence-corrected chi connectivity index (χ0v) is 12.2. The van der Waals surface area contributed by atoms with Crippen molar-refractivity contribution in [1.29, 1.82) is 0 Å². The van der Waals surface area contributed by atoms with Crippen molar-refractivity contribution in [1.82, 2.24) is 0 Å². The Hall–Kier alpha value is -1.72. The van der Waals surface area contributed by atoms with Crippen molar-refractivity contribution in [2.45, 2.75) is 18.2 Å². The minimum absolute atomic E-state index is 0. The van der Waals surface area contributed by atoms with Gasteiger partial charge < -0.3 is 10.2 Å². The van der Waals surface area contributed by atoms with Gasteiger partial charge in [0.2, 0.25) is 0 Å². The second kappa shape index (κ2) is 7.33. The van der Waals surface area contributed by atoms with Gasteiger partial charge in [-0.3, -0.25) is 10.5 Å². The molecule has 0 heterocycles. The van der Waals surface area contributed by atoms with Gasteiger partial charge in [0.25, 0.3) is 0 Å². The molecule has 2 aromatic rings. The Morgan fingerprint density at radius 2 is 1.67 bits per heavy atom. The van der Waals surface area contributed by atoms with E-state index in [9.17, 15) is 15.0 Å². The minimum atomic E-state index is -1.98. The van der Waals surface area contributed by atoms with E-state index in [2.05, 4.69) is 0 Å². The van der Waals surface area contributed by atoms with Crippen molar-refractivity contribution in [3.05, 3.63) is 71.3 Å². The molecule has 4 N–H and O–H groups in total. The summed E-state index contributed by atoms with van der Waals surface area (Å²) < 4.78 is 0. The number of benzene rings is 2. The van der Waals surface area contributed by atoms with E-state index >= 15 is 0 Å². The first-order valence-corrected chi connectivity index (χ1v) is 6.33. The van der Waals surface area contributed by atoms with Crippen molar-refractivity contribution in [3.8, 4) is 0 Å². The number of halogens is 1. The lowest BCUT2D eigenvalue weighted by Crippen LogP contribution is -2.49. The molecule has 0 amide bonds. The Morgan fingerprint density at radius 1 is 1.10 bits per heavy atom. The maximum absolute atomic E-state index is 11.0. The van der Waals surface area contributed by atoms with Crippen molar-refractivity contribution < 1.29 is 15.0 Å². The Balaban J connectivity index is 0.00000220. The van der Waals surface area contributed by atoms with Gasteiger partial charge in [-0.2, -0.15) is 0 Å². The molecule has 0 aliphatic heterocycles. The molecule has 2 aromatic carbocycles. The number of carbonyl (C=O) groups excluding carboxylic acids is 1. The van der Waals surface area contributed by atoms with Crippen LogP contribution in [0.3, 0.4) is 0 Å². The highest BCUT2D eigenvalue weighted by Gasteiger charge is 2.34. The predicted molar refractivity (Wildman–Crippen MR) is 83.3 cm³/mol. The fourth-order valence-electron chi connectivity index (χ4n) is 2.14. The van der Waals surface area contributed by atoms with Crippen molar-refractivity contribution in [2.75, 3.05) is 0 Å². The van der Waals surface area contributed by atoms with E-state index in [1.54, 1.807) is 18.2 Å². The fourth-order valence-corrected chi connectivity index (χ4v) is 2.14. The molecule has 0 aliphatic rings. The highest BCUT2D eigenvalue weighted by molar-refractivity contribution is 5.85. The van der Waals surface area contributed by atoms with Gasteiger partial charge in [-0.05, 0) is 5.56 Å². The molecule has 0 bridgehead atoms. The van der Waals surface area contributed by atoms with Crippen molar-refractivity contribution in [3.63, 3.8) is 0 Å². The molecule has 0 spiro atoms. The van der Waals surface area contributed by atoms with E-state index in [1.807, 2.05) is 30.3 Å². The average molecular weight is 308 g/mol. The molecule has 112 valence electrons. The van der Waals surface area contributed by atoms with Gasteiger partial charge in [0.05, 0.1) is 0 Å². The number of nitrogens with two attached hydrogens (primary N) is 1. The third-order valence-corrected chi connectivity index (χ3v) is 3.30. The summed E-state index contributed by atoms with van der Waals surface area (Å²) in [5, 5.41) is 20.6. The second-order valence-electron chi connectivity index (χ2n) is 4.74. The normalized spacial score (nSPS) is 14.6. The molecular formula is C16H18ClNO3. The number of aldehydes is 1. The van der Waals surface area contributed by atoms with E-state index in [0.717, 1.165) is 5.56 Å². The van der Waals surface area contributed by atoms with Gasteiger partial charge in [0, 0.05) is 17.5 Å². The fraction of sp³-hybridized carbons (Fsp3) is 0.188. The monoisotopic (exact) mass is 307 g/mol. The molecule has 21 heavy (non-hydrogen) atoms. The Kier molecular flexibility index (Phi) is 6.05. The first kappa shape index (κ1) is 17.3. The smallest absolute Gasteiger partial charge is 0.166 e. The van der Waals surface area contributed by atoms with Gasteiger partial charge in [-0.25, -0.2) is 0 Å². The van der Waals surface area contributed by atoms with Crippen LogP contribution < -0.4 is 5.73 Å². The summed E-state index contributed by atoms with van der Waals surface area (Å²) in [6, 6.07) is 15.7. The van der Waals surface area contributed by atoms with Crippen LogP contribution in [-0.2, 0) is 12.1 Å². The second-order valence-corrected chi connectivity index (χ2v) is 4.74. The topological polar surface area (TPSA) is 83.5 Å². The Morgan fingerprint density at radius 3 is 2.29 bits per heavy atom. The highest BCUT2D eigenvalue weighted by Crippen LogP contribution is 2.24. The summed E-state index contributed by atoms with van der Waals surface area (Å²) in [6.07, 6.45) is -0.408. The predicted octanol–water partition coefficient (Wildman–Crippen LogP) is 1.63. The van der Waals surface area contributed by atoms with Crippen LogP contribution in [0.25, 0.3) is 0 Å². The van der Waals surface area contributed by atoms with Crippen LogP contribution in [-0.4, -0.2) is 22.6 Å². The van der Waals surface area contributed by atoms with Gasteiger partial charge in [0.1, 0.15) is 12.4 Å². The maximum atomic E-state index is 11.0. The lowest BCUT2D eigenvalue weighted by molar-refractivity contribution is -0.0759. The van der Waals surface area contributed by atoms with Gasteiger partial charge in [0.15, 0.2) is 5.72 Å². The first-order valence-electron chi connectivity index (χ1n) is 6.33. The zero-order chi connectivity index (χ0) is 14.6. The first-order chi connectivity index (χ1) is 9.55. The lowest BCUT2D eigenvalue weighted by Gasteiger charge is -2.30. The standard InChI is InChI=1S/C16H17NO3.ClH/c17-16(20,14-9-5-4-8-13(14)11-18)15(19)10-12-6-2-1-3-7-12;/h1-9,11,15,19-20H,10,17H2;1H/t15-,16-;/m0./s1. The van der Waals surface area contributed by atoms with Crippen molar-refractivity contribution in [2.24, 2.45) is 5.73 Å². The molecular weight excluding hydrogens is 290 g/mol. The van der Waals surface area contributed by atoms with Crippen LogP contribution in [0, 0.1) is 0 Å². The SMILES string of the molecule is Cl.N[C@](O)(c1ccccc1C=O)[C@@H](O)Cc1ccccc1. The van der Waals surface area contributed by atoms with E-state index < -0.39 is 11.8 Å². The van der Waals surface area contributed by atoms with Gasteiger partial charge in [-0.15, -0.1) is 12.4 Å². The Labute approximate surface area is 129 Å². The lowest BCUT2D eigenvalue weighted by atomic mass is 9.90. The number of rotatable bonds is 5. The average Bonchev–Trinajstić information content (AvgIpc) is 2.48. The summed E-state index contributed by atoms with van der Waals surface area (Å²) in [5.74, 6) is 0. The van der Waals surface area contributed by atoms with Crippen LogP contribution in [0.5, 0.6) is 0 Å². The highest BCUT2D eigenvalue weighted by atomic mass is 35.5. The molecule has 2 rings (SSSR count). The third-order valence-electron chi connectivity index (χ3n) is 3.30. The van der Waals surface area contributed by atoms with Crippen molar-refractivity contribution >= 4 is 18.7 Å². The van der Waals surface area contributed by atoms with E-state index in [-0.39, 0.29) is 30.0 Å². The third kappa shape index (κ3) is 3.89. The quantitative estimate of drug-likeness (QED) is 0.579. The van der Waals surface area contributed by atoms with Gasteiger partial charge >= 0.3 is 0 Å². The van der Waals surface area contributed by atoms with Crippen LogP contribution in [0.1, 0.15) is 21.5 Å². The summed E-state index contributed by atoms with van der Waals surface area (Å²) in [5.41, 5.74) is 5.22. The van der Waals surface area contributed by atoms with E-state index in [1.165, 1.54) is 6.07 Å². The summed E-state index contributed by atoms with van der Waals surface area (Å²) in [7, 11) is 0. The molecule has 0 aromatic heterocycles. The molecule has 4 nitrogen and oxygen atoms in total. The van der Waals surface area contributed by atoms with Crippen LogP contribution >= 0.6 is 12.4 Å². The molecule has 5 heteroatoms. The number of hydrogen-bond acceptors (Lipinski definition) is 4. The summed E-state index contributed by atoms with van der Waals surface area (Å²) in [4.78, 5) is 11.0. The Bertz CT molecular complexity index is 587. The zero-order valence-electron chi connectivity index (χ0n) is 11.3. The molecule has 0 fully saturated rings. The number of carbonyl (C=O) groups is 1. The molecule has 0 saturated carbocycles. The number of hydrogen-bond donors (Lipinski definition) is 3. The molecule has 0 unspecified atom stereocenters.